The minimum absolute atomic E-state index is 0.408. The van der Waals surface area contributed by atoms with Crippen molar-refractivity contribution in [2.75, 3.05) is 0 Å². The molecule has 0 aliphatic heterocycles. The molecule has 0 saturated carbocycles. The molecule has 0 bridgehead atoms. The first-order chi connectivity index (χ1) is 4.79. The van der Waals surface area contributed by atoms with Crippen molar-refractivity contribution >= 4 is 8.25 Å². The molecule has 0 spiro atoms. The van der Waals surface area contributed by atoms with Crippen molar-refractivity contribution in [2.24, 2.45) is 0 Å². The Labute approximate surface area is 59.2 Å². The van der Waals surface area contributed by atoms with E-state index in [4.69, 9.17) is 4.89 Å². The highest BCUT2D eigenvalue weighted by atomic mass is 31.1. The van der Waals surface area contributed by atoms with Gasteiger partial charge in [-0.1, -0.05) is 18.2 Å². The molecule has 1 N–H and O–H groups in total. The molecule has 1 aromatic carbocycles. The Morgan fingerprint density at radius 2 is 1.90 bits per heavy atom. The molecule has 1 rings (SSSR count). The van der Waals surface area contributed by atoms with E-state index in [1.54, 1.807) is 30.3 Å². The van der Waals surface area contributed by atoms with Crippen molar-refractivity contribution in [2.45, 2.75) is 0 Å². The first-order valence-corrected chi connectivity index (χ1v) is 3.81. The lowest BCUT2D eigenvalue weighted by atomic mass is 10.3. The van der Waals surface area contributed by atoms with Gasteiger partial charge in [-0.15, -0.1) is 4.89 Å². The third-order valence-corrected chi connectivity index (χ3v) is 1.29. The SMILES string of the molecule is O=[P+](O)Oc1ccccc1. The Kier molecular flexibility index (Phi) is 2.37. The van der Waals surface area contributed by atoms with Crippen molar-refractivity contribution in [3.8, 4) is 5.75 Å². The van der Waals surface area contributed by atoms with Crippen LogP contribution in [0.2, 0.25) is 0 Å². The Morgan fingerprint density at radius 1 is 1.30 bits per heavy atom. The lowest BCUT2D eigenvalue weighted by Gasteiger charge is -1.86. The molecule has 1 aromatic rings. The van der Waals surface area contributed by atoms with Gasteiger partial charge in [0.25, 0.3) is 0 Å². The molecule has 3 nitrogen and oxygen atoms in total. The summed E-state index contributed by atoms with van der Waals surface area (Å²) in [5, 5.41) is 0. The van der Waals surface area contributed by atoms with Crippen molar-refractivity contribution in [1.29, 1.82) is 0 Å². The summed E-state index contributed by atoms with van der Waals surface area (Å²) < 4.78 is 14.6. The second-order valence-corrected chi connectivity index (χ2v) is 2.30. The van der Waals surface area contributed by atoms with Gasteiger partial charge in [-0.2, -0.15) is 0 Å². The molecular weight excluding hydrogens is 151 g/mol. The van der Waals surface area contributed by atoms with E-state index in [2.05, 4.69) is 4.52 Å². The van der Waals surface area contributed by atoms with Crippen LogP contribution >= 0.6 is 8.25 Å². The molecule has 0 aliphatic carbocycles. The summed E-state index contributed by atoms with van der Waals surface area (Å²) in [5.74, 6) is 0.408. The predicted molar refractivity (Wildman–Crippen MR) is 36.9 cm³/mol. The van der Waals surface area contributed by atoms with E-state index in [1.807, 2.05) is 0 Å². The third-order valence-electron chi connectivity index (χ3n) is 0.927. The van der Waals surface area contributed by atoms with Gasteiger partial charge in [0.2, 0.25) is 0 Å². The summed E-state index contributed by atoms with van der Waals surface area (Å²) in [5.41, 5.74) is 0. The fraction of sp³-hybridized carbons (Fsp3) is 0. The largest absolute Gasteiger partial charge is 0.747 e. The first-order valence-electron chi connectivity index (χ1n) is 2.68. The number of hydrogen-bond acceptors (Lipinski definition) is 2. The summed E-state index contributed by atoms with van der Waals surface area (Å²) in [6, 6.07) is 8.49. The van der Waals surface area contributed by atoms with E-state index in [1.165, 1.54) is 0 Å². The van der Waals surface area contributed by atoms with Crippen molar-refractivity contribution in [3.63, 3.8) is 0 Å². The molecule has 0 heterocycles. The van der Waals surface area contributed by atoms with E-state index in [0.717, 1.165) is 0 Å². The number of para-hydroxylation sites is 1. The highest BCUT2D eigenvalue weighted by Crippen LogP contribution is 2.21. The molecule has 0 aromatic heterocycles. The van der Waals surface area contributed by atoms with Gasteiger partial charge in [-0.25, -0.2) is 4.52 Å². The Bertz CT molecular complexity index is 222. The van der Waals surface area contributed by atoms with Crippen LogP contribution < -0.4 is 4.52 Å². The summed E-state index contributed by atoms with van der Waals surface area (Å²) in [6.07, 6.45) is 0. The van der Waals surface area contributed by atoms with Crippen LogP contribution in [0.1, 0.15) is 0 Å². The van der Waals surface area contributed by atoms with Gasteiger partial charge in [0, 0.05) is 4.57 Å². The third kappa shape index (κ3) is 2.13. The molecule has 1 atom stereocenters. The van der Waals surface area contributed by atoms with Gasteiger partial charge in [0.1, 0.15) is 0 Å². The smallest absolute Gasteiger partial charge is 0.229 e. The van der Waals surface area contributed by atoms with Crippen molar-refractivity contribution < 1.29 is 14.0 Å². The maximum Gasteiger partial charge on any atom is 0.747 e. The number of rotatable bonds is 2. The average Bonchev–Trinajstić information content (AvgIpc) is 1.88. The van der Waals surface area contributed by atoms with Gasteiger partial charge >= 0.3 is 8.25 Å². The van der Waals surface area contributed by atoms with Crippen LogP contribution in [0.4, 0.5) is 0 Å². The molecule has 0 radical (unpaired) electrons. The second kappa shape index (κ2) is 3.30. The van der Waals surface area contributed by atoms with Crippen LogP contribution in [-0.4, -0.2) is 4.89 Å². The van der Waals surface area contributed by atoms with Gasteiger partial charge < -0.3 is 0 Å². The van der Waals surface area contributed by atoms with Crippen molar-refractivity contribution in [3.05, 3.63) is 30.3 Å². The molecule has 52 valence electrons. The quantitative estimate of drug-likeness (QED) is 0.664. The van der Waals surface area contributed by atoms with Gasteiger partial charge in [-0.3, -0.25) is 0 Å². The lowest BCUT2D eigenvalue weighted by molar-refractivity contribution is 0.410. The predicted octanol–water partition coefficient (Wildman–Crippen LogP) is 1.72. The van der Waals surface area contributed by atoms with Gasteiger partial charge in [-0.05, 0) is 12.1 Å². The number of hydrogen-bond donors (Lipinski definition) is 1. The van der Waals surface area contributed by atoms with Crippen LogP contribution in [0.25, 0.3) is 0 Å². The van der Waals surface area contributed by atoms with Crippen LogP contribution in [0.3, 0.4) is 0 Å². The Hall–Kier alpha value is -0.920. The van der Waals surface area contributed by atoms with E-state index in [0.29, 0.717) is 5.75 Å². The monoisotopic (exact) mass is 157 g/mol. The maximum atomic E-state index is 10.1. The zero-order chi connectivity index (χ0) is 7.40. The van der Waals surface area contributed by atoms with Crippen molar-refractivity contribution in [1.82, 2.24) is 0 Å². The average molecular weight is 157 g/mol. The molecular formula is C6H6O3P+. The van der Waals surface area contributed by atoms with Gasteiger partial charge in [0.15, 0.2) is 5.75 Å². The zero-order valence-electron chi connectivity index (χ0n) is 5.10. The van der Waals surface area contributed by atoms with E-state index >= 15 is 0 Å². The summed E-state index contributed by atoms with van der Waals surface area (Å²) in [6.45, 7) is 0. The van der Waals surface area contributed by atoms with Gasteiger partial charge in [0.05, 0.1) is 0 Å². The molecule has 0 amide bonds. The molecule has 0 aliphatic rings. The zero-order valence-corrected chi connectivity index (χ0v) is 5.99. The fourth-order valence-electron chi connectivity index (χ4n) is 0.572. The summed E-state index contributed by atoms with van der Waals surface area (Å²) in [7, 11) is -2.53. The van der Waals surface area contributed by atoms with Crippen LogP contribution in [-0.2, 0) is 4.57 Å². The molecule has 1 unspecified atom stereocenters. The highest BCUT2D eigenvalue weighted by molar-refractivity contribution is 7.32. The van der Waals surface area contributed by atoms with E-state index in [9.17, 15) is 4.57 Å². The number of benzene rings is 1. The molecule has 10 heavy (non-hydrogen) atoms. The first kappa shape index (κ1) is 7.19. The molecule has 0 fully saturated rings. The minimum Gasteiger partial charge on any atom is -0.229 e. The summed E-state index contributed by atoms with van der Waals surface area (Å²) in [4.78, 5) is 8.29. The van der Waals surface area contributed by atoms with Crippen LogP contribution in [0.15, 0.2) is 30.3 Å². The molecule has 4 heteroatoms. The lowest BCUT2D eigenvalue weighted by Crippen LogP contribution is -1.77. The Balaban J connectivity index is 2.67. The fourth-order valence-corrected chi connectivity index (χ4v) is 0.874. The topological polar surface area (TPSA) is 46.5 Å². The van der Waals surface area contributed by atoms with Crippen LogP contribution in [0.5, 0.6) is 5.75 Å². The molecule has 0 saturated heterocycles. The highest BCUT2D eigenvalue weighted by Gasteiger charge is 2.12. The standard InChI is InChI=1S/C6H5O3P/c7-10(8)9-6-4-2-1-3-5-6/h1-5H/p+1. The van der Waals surface area contributed by atoms with Crippen LogP contribution in [0, 0.1) is 0 Å². The Morgan fingerprint density at radius 3 is 2.40 bits per heavy atom. The minimum atomic E-state index is -2.53. The van der Waals surface area contributed by atoms with E-state index in [-0.39, 0.29) is 0 Å². The maximum absolute atomic E-state index is 10.1. The second-order valence-electron chi connectivity index (χ2n) is 1.64. The van der Waals surface area contributed by atoms with E-state index < -0.39 is 8.25 Å². The normalized spacial score (nSPS) is 10.7. The summed E-state index contributed by atoms with van der Waals surface area (Å²) >= 11 is 0.